The summed E-state index contributed by atoms with van der Waals surface area (Å²) in [4.78, 5) is 11.4. The maximum absolute atomic E-state index is 11.4. The van der Waals surface area contributed by atoms with Crippen molar-refractivity contribution in [1.29, 1.82) is 0 Å². The Balaban J connectivity index is 2.29. The molecule has 0 saturated heterocycles. The van der Waals surface area contributed by atoms with Gasteiger partial charge in [-0.2, -0.15) is 0 Å². The standard InChI is InChI=1S/C15H23NO4/c1-4-18-9-10-19-13-5-7-14(8-6-13)20-11-15(17)16-12(2)3/h5-8,12H,4,9-11H2,1-3H3,(H,16,17). The lowest BCUT2D eigenvalue weighted by Gasteiger charge is -2.10. The van der Waals surface area contributed by atoms with Gasteiger partial charge < -0.3 is 19.5 Å². The number of amides is 1. The number of rotatable bonds is 9. The summed E-state index contributed by atoms with van der Waals surface area (Å²) in [6.45, 7) is 7.56. The summed E-state index contributed by atoms with van der Waals surface area (Å²) in [6.07, 6.45) is 0. The van der Waals surface area contributed by atoms with Gasteiger partial charge in [0.25, 0.3) is 5.91 Å². The molecule has 20 heavy (non-hydrogen) atoms. The molecule has 0 aliphatic rings. The van der Waals surface area contributed by atoms with E-state index in [9.17, 15) is 4.79 Å². The van der Waals surface area contributed by atoms with Gasteiger partial charge in [-0.1, -0.05) is 0 Å². The van der Waals surface area contributed by atoms with Gasteiger partial charge in [-0.05, 0) is 45.0 Å². The van der Waals surface area contributed by atoms with Crippen molar-refractivity contribution < 1.29 is 19.0 Å². The smallest absolute Gasteiger partial charge is 0.258 e. The Hall–Kier alpha value is -1.75. The molecule has 1 aromatic rings. The molecule has 0 aliphatic carbocycles. The van der Waals surface area contributed by atoms with E-state index in [0.717, 1.165) is 5.75 Å². The largest absolute Gasteiger partial charge is 0.491 e. The van der Waals surface area contributed by atoms with E-state index in [1.807, 2.05) is 32.9 Å². The summed E-state index contributed by atoms with van der Waals surface area (Å²) >= 11 is 0. The van der Waals surface area contributed by atoms with Gasteiger partial charge in [0.15, 0.2) is 6.61 Å². The lowest BCUT2D eigenvalue weighted by Crippen LogP contribution is -2.34. The fourth-order valence-corrected chi connectivity index (χ4v) is 1.51. The Morgan fingerprint density at radius 3 is 2.25 bits per heavy atom. The van der Waals surface area contributed by atoms with Gasteiger partial charge in [0.2, 0.25) is 0 Å². The van der Waals surface area contributed by atoms with Crippen molar-refractivity contribution >= 4 is 5.91 Å². The van der Waals surface area contributed by atoms with Crippen molar-refractivity contribution in [3.63, 3.8) is 0 Å². The molecule has 0 fully saturated rings. The minimum absolute atomic E-state index is 0.0166. The van der Waals surface area contributed by atoms with Gasteiger partial charge in [-0.25, -0.2) is 0 Å². The summed E-state index contributed by atoms with van der Waals surface area (Å²) in [5, 5.41) is 2.76. The average Bonchev–Trinajstić information content (AvgIpc) is 2.42. The molecule has 1 N–H and O–H groups in total. The van der Waals surface area contributed by atoms with Crippen LogP contribution in [0.4, 0.5) is 0 Å². The second-order valence-corrected chi connectivity index (χ2v) is 4.53. The molecule has 0 atom stereocenters. The van der Waals surface area contributed by atoms with Crippen LogP contribution in [-0.4, -0.2) is 38.4 Å². The van der Waals surface area contributed by atoms with Crippen LogP contribution in [0.25, 0.3) is 0 Å². The molecule has 5 nitrogen and oxygen atoms in total. The highest BCUT2D eigenvalue weighted by molar-refractivity contribution is 5.77. The molecule has 0 spiro atoms. The predicted octanol–water partition coefficient (Wildman–Crippen LogP) is 2.01. The van der Waals surface area contributed by atoms with Crippen LogP contribution in [0.1, 0.15) is 20.8 Å². The molecule has 0 saturated carbocycles. The summed E-state index contributed by atoms with van der Waals surface area (Å²) in [6, 6.07) is 7.29. The Bertz CT molecular complexity index is 389. The molecule has 0 radical (unpaired) electrons. The number of carbonyl (C=O) groups is 1. The maximum atomic E-state index is 11.4. The van der Waals surface area contributed by atoms with Crippen molar-refractivity contribution in [3.05, 3.63) is 24.3 Å². The lowest BCUT2D eigenvalue weighted by atomic mass is 10.3. The molecule has 0 aromatic heterocycles. The molecule has 5 heteroatoms. The zero-order chi connectivity index (χ0) is 14.8. The predicted molar refractivity (Wildman–Crippen MR) is 77.2 cm³/mol. The fourth-order valence-electron chi connectivity index (χ4n) is 1.51. The summed E-state index contributed by atoms with van der Waals surface area (Å²) in [5.74, 6) is 1.27. The molecule has 0 heterocycles. The van der Waals surface area contributed by atoms with E-state index < -0.39 is 0 Å². The first-order valence-electron chi connectivity index (χ1n) is 6.84. The molecule has 1 rings (SSSR count). The molecule has 0 bridgehead atoms. The van der Waals surface area contributed by atoms with E-state index in [1.165, 1.54) is 0 Å². The molecule has 0 aliphatic heterocycles. The number of nitrogens with one attached hydrogen (secondary N) is 1. The summed E-state index contributed by atoms with van der Waals surface area (Å²) in [7, 11) is 0. The van der Waals surface area contributed by atoms with E-state index in [-0.39, 0.29) is 18.6 Å². The normalized spacial score (nSPS) is 10.4. The molecule has 1 aromatic carbocycles. The Kier molecular flexibility index (Phi) is 7.50. The Morgan fingerprint density at radius 1 is 1.10 bits per heavy atom. The van der Waals surface area contributed by atoms with Crippen LogP contribution in [-0.2, 0) is 9.53 Å². The number of benzene rings is 1. The molecular weight excluding hydrogens is 258 g/mol. The lowest BCUT2D eigenvalue weighted by molar-refractivity contribution is -0.123. The van der Waals surface area contributed by atoms with Crippen molar-refractivity contribution in [2.75, 3.05) is 26.4 Å². The monoisotopic (exact) mass is 281 g/mol. The second kappa shape index (κ2) is 9.20. The van der Waals surface area contributed by atoms with Crippen molar-refractivity contribution in [1.82, 2.24) is 5.32 Å². The number of carbonyl (C=O) groups excluding carboxylic acids is 1. The topological polar surface area (TPSA) is 56.8 Å². The van der Waals surface area contributed by atoms with Crippen molar-refractivity contribution in [2.45, 2.75) is 26.8 Å². The van der Waals surface area contributed by atoms with Gasteiger partial charge in [-0.15, -0.1) is 0 Å². The number of ether oxygens (including phenoxy) is 3. The van der Waals surface area contributed by atoms with Crippen LogP contribution in [0.2, 0.25) is 0 Å². The summed E-state index contributed by atoms with van der Waals surface area (Å²) < 4.78 is 16.0. The quantitative estimate of drug-likeness (QED) is 0.703. The van der Waals surface area contributed by atoms with Crippen LogP contribution in [0, 0.1) is 0 Å². The van der Waals surface area contributed by atoms with Crippen LogP contribution >= 0.6 is 0 Å². The Morgan fingerprint density at radius 2 is 1.70 bits per heavy atom. The summed E-state index contributed by atoms with van der Waals surface area (Å²) in [5.41, 5.74) is 0. The highest BCUT2D eigenvalue weighted by Crippen LogP contribution is 2.17. The van der Waals surface area contributed by atoms with E-state index in [4.69, 9.17) is 14.2 Å². The van der Waals surface area contributed by atoms with Crippen LogP contribution < -0.4 is 14.8 Å². The minimum Gasteiger partial charge on any atom is -0.491 e. The minimum atomic E-state index is -0.128. The van der Waals surface area contributed by atoms with Crippen LogP contribution in [0.3, 0.4) is 0 Å². The van der Waals surface area contributed by atoms with Gasteiger partial charge >= 0.3 is 0 Å². The number of hydrogen-bond acceptors (Lipinski definition) is 4. The van der Waals surface area contributed by atoms with Gasteiger partial charge in [0, 0.05) is 12.6 Å². The molecular formula is C15H23NO4. The first-order chi connectivity index (χ1) is 9.61. The van der Waals surface area contributed by atoms with E-state index >= 15 is 0 Å². The van der Waals surface area contributed by atoms with Gasteiger partial charge in [0.05, 0.1) is 6.61 Å². The zero-order valence-electron chi connectivity index (χ0n) is 12.3. The van der Waals surface area contributed by atoms with E-state index in [1.54, 1.807) is 12.1 Å². The van der Waals surface area contributed by atoms with E-state index in [0.29, 0.717) is 25.6 Å². The maximum Gasteiger partial charge on any atom is 0.258 e. The van der Waals surface area contributed by atoms with Crippen LogP contribution in [0.5, 0.6) is 11.5 Å². The fraction of sp³-hybridized carbons (Fsp3) is 0.533. The number of hydrogen-bond donors (Lipinski definition) is 1. The third-order valence-corrected chi connectivity index (χ3v) is 2.34. The van der Waals surface area contributed by atoms with Crippen LogP contribution in [0.15, 0.2) is 24.3 Å². The molecule has 112 valence electrons. The van der Waals surface area contributed by atoms with Gasteiger partial charge in [-0.3, -0.25) is 4.79 Å². The highest BCUT2D eigenvalue weighted by atomic mass is 16.5. The first kappa shape index (κ1) is 16.3. The third kappa shape index (κ3) is 6.99. The Labute approximate surface area is 120 Å². The first-order valence-corrected chi connectivity index (χ1v) is 6.84. The zero-order valence-corrected chi connectivity index (χ0v) is 12.3. The van der Waals surface area contributed by atoms with Crippen molar-refractivity contribution in [3.8, 4) is 11.5 Å². The SMILES string of the molecule is CCOCCOc1ccc(OCC(=O)NC(C)C)cc1. The van der Waals surface area contributed by atoms with Gasteiger partial charge in [0.1, 0.15) is 18.1 Å². The van der Waals surface area contributed by atoms with Crippen molar-refractivity contribution in [2.24, 2.45) is 0 Å². The average molecular weight is 281 g/mol. The highest BCUT2D eigenvalue weighted by Gasteiger charge is 2.04. The molecule has 1 amide bonds. The third-order valence-electron chi connectivity index (χ3n) is 2.34. The van der Waals surface area contributed by atoms with E-state index in [2.05, 4.69) is 5.32 Å². The molecule has 0 unspecified atom stereocenters. The second-order valence-electron chi connectivity index (χ2n) is 4.53.